The lowest BCUT2D eigenvalue weighted by Gasteiger charge is -2.27. The molecule has 1 aliphatic rings. The zero-order valence-corrected chi connectivity index (χ0v) is 17.0. The molecule has 4 rings (SSSR count). The van der Waals surface area contributed by atoms with Gasteiger partial charge in [0, 0.05) is 25.9 Å². The van der Waals surface area contributed by atoms with Crippen LogP contribution >= 0.6 is 11.3 Å². The molecule has 1 saturated heterocycles. The van der Waals surface area contributed by atoms with Gasteiger partial charge in [0.1, 0.15) is 0 Å². The van der Waals surface area contributed by atoms with E-state index in [1.165, 1.54) is 48.2 Å². The van der Waals surface area contributed by atoms with E-state index in [2.05, 4.69) is 45.5 Å². The van der Waals surface area contributed by atoms with E-state index in [1.807, 2.05) is 18.2 Å². The molecule has 1 aliphatic heterocycles. The Bertz CT molecular complexity index is 897. The molecule has 2 heterocycles. The molecule has 2 aromatic carbocycles. The van der Waals surface area contributed by atoms with Crippen LogP contribution in [0, 0.1) is 0 Å². The minimum atomic E-state index is 0.0898. The zero-order valence-electron chi connectivity index (χ0n) is 16.2. The Morgan fingerprint density at radius 1 is 1.00 bits per heavy atom. The van der Waals surface area contributed by atoms with Crippen molar-refractivity contribution in [1.29, 1.82) is 0 Å². The summed E-state index contributed by atoms with van der Waals surface area (Å²) in [5.41, 5.74) is 3.58. The second kappa shape index (κ2) is 9.30. The van der Waals surface area contributed by atoms with Crippen molar-refractivity contribution >= 4 is 27.5 Å². The first-order valence-corrected chi connectivity index (χ1v) is 11.0. The highest BCUT2D eigenvalue weighted by Crippen LogP contribution is 2.22. The molecule has 4 nitrogen and oxygen atoms in total. The normalized spacial score (nSPS) is 15.0. The number of aromatic nitrogens is 1. The Kier molecular flexibility index (Phi) is 6.34. The molecule has 1 amide bonds. The number of nitrogens with zero attached hydrogens (tertiary/aromatic N) is 2. The molecule has 5 heteroatoms. The van der Waals surface area contributed by atoms with E-state index in [0.29, 0.717) is 19.4 Å². The van der Waals surface area contributed by atoms with Gasteiger partial charge >= 0.3 is 0 Å². The summed E-state index contributed by atoms with van der Waals surface area (Å²) in [6, 6.07) is 16.6. The van der Waals surface area contributed by atoms with E-state index < -0.39 is 0 Å². The Morgan fingerprint density at radius 3 is 2.57 bits per heavy atom. The first-order chi connectivity index (χ1) is 13.8. The maximum Gasteiger partial charge on any atom is 0.220 e. The monoisotopic (exact) mass is 393 g/mol. The maximum absolute atomic E-state index is 12.4. The molecule has 0 saturated carbocycles. The average molecular weight is 394 g/mol. The van der Waals surface area contributed by atoms with Crippen molar-refractivity contribution in [3.8, 4) is 0 Å². The molecule has 0 spiro atoms. The fraction of sp³-hybridized carbons (Fsp3) is 0.391. The summed E-state index contributed by atoms with van der Waals surface area (Å²) in [5.74, 6) is 0.0898. The molecule has 0 bridgehead atoms. The van der Waals surface area contributed by atoms with Gasteiger partial charge in [0.25, 0.3) is 0 Å². The number of hydrogen-bond acceptors (Lipinski definition) is 4. The van der Waals surface area contributed by atoms with E-state index in [-0.39, 0.29) is 5.91 Å². The highest BCUT2D eigenvalue weighted by atomic mass is 32.1. The standard InChI is InChI=1S/C23H27N3OS/c27-22(12-13-23-25-20-10-4-5-11-21(20)28-23)24-16-18-8-2-3-9-19(18)17-26-14-6-1-7-15-26/h2-5,8-11H,1,6-7,12-17H2,(H,24,27). The molecule has 0 radical (unpaired) electrons. The number of likely N-dealkylation sites (tertiary alicyclic amines) is 1. The van der Waals surface area contributed by atoms with Crippen LogP contribution in [0.25, 0.3) is 10.2 Å². The zero-order chi connectivity index (χ0) is 19.2. The van der Waals surface area contributed by atoms with Crippen molar-refractivity contribution in [3.63, 3.8) is 0 Å². The number of fused-ring (bicyclic) bond motifs is 1. The van der Waals surface area contributed by atoms with Gasteiger partial charge in [0.05, 0.1) is 15.2 Å². The summed E-state index contributed by atoms with van der Waals surface area (Å²) in [6.07, 6.45) is 5.12. The predicted molar refractivity (Wildman–Crippen MR) is 115 cm³/mol. The van der Waals surface area contributed by atoms with Crippen LogP contribution in [0.15, 0.2) is 48.5 Å². The van der Waals surface area contributed by atoms with E-state index in [9.17, 15) is 4.79 Å². The molecule has 0 atom stereocenters. The number of thiazole rings is 1. The topological polar surface area (TPSA) is 45.2 Å². The number of aryl methyl sites for hydroxylation is 1. The summed E-state index contributed by atoms with van der Waals surface area (Å²) in [5, 5.41) is 4.13. The Hall–Kier alpha value is -2.24. The first-order valence-electron chi connectivity index (χ1n) is 10.2. The number of carbonyl (C=O) groups is 1. The number of hydrogen-bond donors (Lipinski definition) is 1. The van der Waals surface area contributed by atoms with Crippen molar-refractivity contribution in [2.45, 2.75) is 45.2 Å². The van der Waals surface area contributed by atoms with Gasteiger partial charge in [0.2, 0.25) is 5.91 Å². The predicted octanol–water partition coefficient (Wildman–Crippen LogP) is 4.53. The maximum atomic E-state index is 12.4. The number of benzene rings is 2. The Morgan fingerprint density at radius 2 is 1.75 bits per heavy atom. The number of carbonyl (C=O) groups excluding carboxylic acids is 1. The van der Waals surface area contributed by atoms with Gasteiger partial charge in [-0.25, -0.2) is 4.98 Å². The molecule has 28 heavy (non-hydrogen) atoms. The van der Waals surface area contributed by atoms with Crippen molar-refractivity contribution in [3.05, 3.63) is 64.7 Å². The average Bonchev–Trinajstić information content (AvgIpc) is 3.15. The van der Waals surface area contributed by atoms with Crippen molar-refractivity contribution in [2.75, 3.05) is 13.1 Å². The van der Waals surface area contributed by atoms with Crippen LogP contribution in [0.4, 0.5) is 0 Å². The Balaban J connectivity index is 1.29. The fourth-order valence-corrected chi connectivity index (χ4v) is 4.74. The van der Waals surface area contributed by atoms with Crippen LogP contribution in [-0.4, -0.2) is 28.9 Å². The lowest BCUT2D eigenvalue weighted by atomic mass is 10.0. The largest absolute Gasteiger partial charge is 0.352 e. The summed E-state index contributed by atoms with van der Waals surface area (Å²) in [4.78, 5) is 19.5. The Labute approximate surface area is 170 Å². The van der Waals surface area contributed by atoms with Gasteiger partial charge in [0.15, 0.2) is 0 Å². The highest BCUT2D eigenvalue weighted by Gasteiger charge is 2.13. The first kappa shape index (κ1) is 19.1. The molecule has 0 unspecified atom stereocenters. The van der Waals surface area contributed by atoms with Gasteiger partial charge in [-0.15, -0.1) is 11.3 Å². The van der Waals surface area contributed by atoms with E-state index >= 15 is 0 Å². The van der Waals surface area contributed by atoms with Crippen LogP contribution in [0.1, 0.15) is 41.8 Å². The molecular formula is C23H27N3OS. The van der Waals surface area contributed by atoms with E-state index in [4.69, 9.17) is 0 Å². The lowest BCUT2D eigenvalue weighted by molar-refractivity contribution is -0.121. The van der Waals surface area contributed by atoms with Crippen LogP contribution < -0.4 is 5.32 Å². The van der Waals surface area contributed by atoms with E-state index in [0.717, 1.165) is 17.1 Å². The van der Waals surface area contributed by atoms with Gasteiger partial charge in [-0.3, -0.25) is 9.69 Å². The minimum Gasteiger partial charge on any atom is -0.352 e. The van der Waals surface area contributed by atoms with E-state index in [1.54, 1.807) is 11.3 Å². The molecule has 1 aromatic heterocycles. The van der Waals surface area contributed by atoms with Gasteiger partial charge in [-0.2, -0.15) is 0 Å². The quantitative estimate of drug-likeness (QED) is 0.641. The summed E-state index contributed by atoms with van der Waals surface area (Å²) in [6.45, 7) is 3.95. The second-order valence-corrected chi connectivity index (χ2v) is 8.57. The van der Waals surface area contributed by atoms with Gasteiger partial charge in [-0.1, -0.05) is 42.8 Å². The van der Waals surface area contributed by atoms with Crippen LogP contribution in [-0.2, 0) is 24.3 Å². The molecule has 146 valence electrons. The van der Waals surface area contributed by atoms with Crippen molar-refractivity contribution in [1.82, 2.24) is 15.2 Å². The summed E-state index contributed by atoms with van der Waals surface area (Å²) >= 11 is 1.68. The number of nitrogens with one attached hydrogen (secondary N) is 1. The molecule has 1 N–H and O–H groups in total. The van der Waals surface area contributed by atoms with Gasteiger partial charge in [-0.05, 0) is 49.2 Å². The molecule has 3 aromatic rings. The number of piperidine rings is 1. The van der Waals surface area contributed by atoms with Crippen LogP contribution in [0.3, 0.4) is 0 Å². The number of para-hydroxylation sites is 1. The third-order valence-corrected chi connectivity index (χ3v) is 6.44. The van der Waals surface area contributed by atoms with Crippen LogP contribution in [0.2, 0.25) is 0 Å². The summed E-state index contributed by atoms with van der Waals surface area (Å²) < 4.78 is 1.18. The van der Waals surface area contributed by atoms with Crippen molar-refractivity contribution < 1.29 is 4.79 Å². The van der Waals surface area contributed by atoms with Crippen LogP contribution in [0.5, 0.6) is 0 Å². The van der Waals surface area contributed by atoms with Crippen molar-refractivity contribution in [2.24, 2.45) is 0 Å². The molecule has 0 aliphatic carbocycles. The summed E-state index contributed by atoms with van der Waals surface area (Å²) in [7, 11) is 0. The highest BCUT2D eigenvalue weighted by molar-refractivity contribution is 7.18. The second-order valence-electron chi connectivity index (χ2n) is 7.46. The number of rotatable bonds is 7. The lowest BCUT2D eigenvalue weighted by Crippen LogP contribution is -2.30. The van der Waals surface area contributed by atoms with Gasteiger partial charge < -0.3 is 5.32 Å². The SMILES string of the molecule is O=C(CCc1nc2ccccc2s1)NCc1ccccc1CN1CCCCC1. The smallest absolute Gasteiger partial charge is 0.220 e. The minimum absolute atomic E-state index is 0.0898. The third kappa shape index (κ3) is 4.97. The molecular weight excluding hydrogens is 366 g/mol. The molecule has 1 fully saturated rings. The number of amides is 1. The fourth-order valence-electron chi connectivity index (χ4n) is 3.77. The third-order valence-electron chi connectivity index (χ3n) is 5.34.